The lowest BCUT2D eigenvalue weighted by Crippen LogP contribution is -2.41. The van der Waals surface area contributed by atoms with Gasteiger partial charge in [-0.1, -0.05) is 35.3 Å². The number of amides is 2. The first kappa shape index (κ1) is 28.2. The average Bonchev–Trinajstić information content (AvgIpc) is 2.86. The Balaban J connectivity index is 1.69. The summed E-state index contributed by atoms with van der Waals surface area (Å²) in [6, 6.07) is 10.7. The van der Waals surface area contributed by atoms with Crippen molar-refractivity contribution in [1.29, 1.82) is 0 Å². The van der Waals surface area contributed by atoms with Crippen LogP contribution in [0.15, 0.2) is 36.4 Å². The lowest BCUT2D eigenvalue weighted by molar-refractivity contribution is 0.0478. The van der Waals surface area contributed by atoms with Crippen molar-refractivity contribution in [2.75, 3.05) is 40.0 Å². The van der Waals surface area contributed by atoms with Gasteiger partial charge in [0.15, 0.2) is 0 Å². The number of carbonyl (C=O) groups is 2. The molecule has 2 atom stereocenters. The van der Waals surface area contributed by atoms with Gasteiger partial charge in [-0.05, 0) is 67.6 Å². The van der Waals surface area contributed by atoms with E-state index in [0.29, 0.717) is 39.2 Å². The minimum Gasteiger partial charge on any atom is -0.465 e. The molecule has 196 valence electrons. The molecule has 1 fully saturated rings. The minimum absolute atomic E-state index is 0.141. The van der Waals surface area contributed by atoms with E-state index in [1.54, 1.807) is 24.3 Å². The number of halogens is 2. The van der Waals surface area contributed by atoms with Crippen molar-refractivity contribution >= 4 is 35.2 Å². The second-order valence-corrected chi connectivity index (χ2v) is 9.65. The van der Waals surface area contributed by atoms with E-state index in [9.17, 15) is 9.59 Å². The topological polar surface area (TPSA) is 109 Å². The summed E-state index contributed by atoms with van der Waals surface area (Å²) in [4.78, 5) is 23.6. The van der Waals surface area contributed by atoms with Gasteiger partial charge in [-0.15, -0.1) is 0 Å². The molecule has 2 unspecified atom stereocenters. The van der Waals surface area contributed by atoms with Gasteiger partial charge in [0.05, 0.1) is 13.2 Å². The summed E-state index contributed by atoms with van der Waals surface area (Å²) in [6.07, 6.45) is 2.05. The molecule has 2 aromatic carbocycles. The SMILES string of the molecule is CNC(CNC(=O)c1cc(Cl)cc(-c2c(Cl)cccc2COCCNC(=O)O)c1)CC1CCCOC1. The van der Waals surface area contributed by atoms with Crippen molar-refractivity contribution in [3.05, 3.63) is 57.6 Å². The fourth-order valence-electron chi connectivity index (χ4n) is 4.31. The molecule has 8 nitrogen and oxygen atoms in total. The van der Waals surface area contributed by atoms with Crippen LogP contribution in [0.25, 0.3) is 11.1 Å². The Morgan fingerprint density at radius 3 is 2.78 bits per heavy atom. The predicted octanol–water partition coefficient (Wildman–Crippen LogP) is 4.58. The first-order valence-electron chi connectivity index (χ1n) is 12.0. The number of likely N-dealkylation sites (N-methyl/N-ethyl adjacent to an activating group) is 1. The number of benzene rings is 2. The van der Waals surface area contributed by atoms with E-state index in [1.807, 2.05) is 19.2 Å². The molecule has 0 aromatic heterocycles. The maximum absolute atomic E-state index is 13.0. The number of ether oxygens (including phenoxy) is 2. The van der Waals surface area contributed by atoms with Crippen LogP contribution in [0.5, 0.6) is 0 Å². The molecule has 0 bridgehead atoms. The van der Waals surface area contributed by atoms with Crippen LogP contribution in [0.1, 0.15) is 35.2 Å². The van der Waals surface area contributed by atoms with Gasteiger partial charge in [-0.3, -0.25) is 4.79 Å². The number of hydrogen-bond acceptors (Lipinski definition) is 5. The predicted molar refractivity (Wildman–Crippen MR) is 141 cm³/mol. The summed E-state index contributed by atoms with van der Waals surface area (Å²) < 4.78 is 11.2. The quantitative estimate of drug-likeness (QED) is 0.295. The van der Waals surface area contributed by atoms with Crippen molar-refractivity contribution in [1.82, 2.24) is 16.0 Å². The summed E-state index contributed by atoms with van der Waals surface area (Å²) >= 11 is 12.9. The molecule has 1 heterocycles. The molecule has 2 aromatic rings. The molecule has 10 heteroatoms. The van der Waals surface area contributed by atoms with Crippen molar-refractivity contribution in [2.45, 2.75) is 31.9 Å². The van der Waals surface area contributed by atoms with E-state index in [4.69, 9.17) is 37.8 Å². The Bertz CT molecular complexity index is 1030. The maximum atomic E-state index is 13.0. The number of carboxylic acid groups (broad SMARTS) is 1. The Morgan fingerprint density at radius 2 is 2.06 bits per heavy atom. The van der Waals surface area contributed by atoms with Crippen molar-refractivity contribution in [2.24, 2.45) is 5.92 Å². The van der Waals surface area contributed by atoms with Gasteiger partial charge >= 0.3 is 6.09 Å². The lowest BCUT2D eigenvalue weighted by Gasteiger charge is -2.26. The van der Waals surface area contributed by atoms with Crippen LogP contribution in [-0.2, 0) is 16.1 Å². The maximum Gasteiger partial charge on any atom is 0.404 e. The van der Waals surface area contributed by atoms with Crippen LogP contribution >= 0.6 is 23.2 Å². The van der Waals surface area contributed by atoms with E-state index in [-0.39, 0.29) is 31.7 Å². The third kappa shape index (κ3) is 8.64. The Hall–Kier alpha value is -2.36. The first-order valence-corrected chi connectivity index (χ1v) is 12.8. The molecule has 2 amide bonds. The zero-order chi connectivity index (χ0) is 25.9. The zero-order valence-electron chi connectivity index (χ0n) is 20.3. The van der Waals surface area contributed by atoms with Crippen LogP contribution in [0, 0.1) is 5.92 Å². The van der Waals surface area contributed by atoms with Gasteiger partial charge in [0, 0.05) is 53.5 Å². The van der Waals surface area contributed by atoms with Gasteiger partial charge in [-0.2, -0.15) is 0 Å². The van der Waals surface area contributed by atoms with Gasteiger partial charge in [-0.25, -0.2) is 4.79 Å². The highest BCUT2D eigenvalue weighted by molar-refractivity contribution is 6.34. The lowest BCUT2D eigenvalue weighted by atomic mass is 9.94. The molecule has 0 spiro atoms. The largest absolute Gasteiger partial charge is 0.465 e. The second-order valence-electron chi connectivity index (χ2n) is 8.80. The Labute approximate surface area is 221 Å². The zero-order valence-corrected chi connectivity index (χ0v) is 21.8. The fourth-order valence-corrected chi connectivity index (χ4v) is 4.84. The summed E-state index contributed by atoms with van der Waals surface area (Å²) in [6.45, 7) is 2.69. The third-order valence-electron chi connectivity index (χ3n) is 6.12. The molecular weight excluding hydrogens is 505 g/mol. The normalized spacial score (nSPS) is 16.4. The summed E-state index contributed by atoms with van der Waals surface area (Å²) in [5.74, 6) is 0.273. The van der Waals surface area contributed by atoms with Gasteiger partial charge in [0.25, 0.3) is 5.91 Å². The van der Waals surface area contributed by atoms with Crippen molar-refractivity contribution < 1.29 is 24.2 Å². The molecule has 0 radical (unpaired) electrons. The van der Waals surface area contributed by atoms with Crippen LogP contribution in [-0.4, -0.2) is 63.1 Å². The highest BCUT2D eigenvalue weighted by Gasteiger charge is 2.20. The summed E-state index contributed by atoms with van der Waals surface area (Å²) in [7, 11) is 1.90. The Morgan fingerprint density at radius 1 is 1.22 bits per heavy atom. The molecule has 0 aliphatic carbocycles. The number of rotatable bonds is 12. The van der Waals surface area contributed by atoms with Gasteiger partial charge in [0.1, 0.15) is 0 Å². The van der Waals surface area contributed by atoms with E-state index in [1.165, 1.54) is 0 Å². The first-order chi connectivity index (χ1) is 17.4. The molecule has 4 N–H and O–H groups in total. The molecule has 1 aliphatic rings. The smallest absolute Gasteiger partial charge is 0.404 e. The molecule has 1 aliphatic heterocycles. The molecule has 0 saturated carbocycles. The van der Waals surface area contributed by atoms with E-state index >= 15 is 0 Å². The number of nitrogens with one attached hydrogen (secondary N) is 3. The van der Waals surface area contributed by atoms with Gasteiger partial charge < -0.3 is 30.5 Å². The molecule has 3 rings (SSSR count). The Kier molecular flexibility index (Phi) is 11.3. The van der Waals surface area contributed by atoms with Crippen LogP contribution in [0.2, 0.25) is 10.0 Å². The van der Waals surface area contributed by atoms with Crippen molar-refractivity contribution in [3.63, 3.8) is 0 Å². The highest BCUT2D eigenvalue weighted by Crippen LogP contribution is 2.34. The minimum atomic E-state index is -1.10. The van der Waals surface area contributed by atoms with E-state index < -0.39 is 6.09 Å². The van der Waals surface area contributed by atoms with Gasteiger partial charge in [0.2, 0.25) is 0 Å². The van der Waals surface area contributed by atoms with E-state index in [0.717, 1.165) is 38.0 Å². The average molecular weight is 538 g/mol. The molecule has 36 heavy (non-hydrogen) atoms. The second kappa shape index (κ2) is 14.4. The third-order valence-corrected chi connectivity index (χ3v) is 6.65. The fraction of sp³-hybridized carbons (Fsp3) is 0.462. The van der Waals surface area contributed by atoms with E-state index in [2.05, 4.69) is 16.0 Å². The summed E-state index contributed by atoms with van der Waals surface area (Å²) in [5, 5.41) is 18.2. The molecule has 1 saturated heterocycles. The number of hydrogen-bond donors (Lipinski definition) is 4. The monoisotopic (exact) mass is 537 g/mol. The van der Waals surface area contributed by atoms with Crippen LogP contribution in [0.4, 0.5) is 4.79 Å². The van der Waals surface area contributed by atoms with Crippen LogP contribution in [0.3, 0.4) is 0 Å². The van der Waals surface area contributed by atoms with Crippen molar-refractivity contribution in [3.8, 4) is 11.1 Å². The van der Waals surface area contributed by atoms with Crippen LogP contribution < -0.4 is 16.0 Å². The number of carbonyl (C=O) groups excluding carboxylic acids is 1. The summed E-state index contributed by atoms with van der Waals surface area (Å²) in [5.41, 5.74) is 2.65. The highest BCUT2D eigenvalue weighted by atomic mass is 35.5. The standard InChI is InChI=1S/C26H33Cl2N3O5/c1-29-22(10-17-4-3-8-35-15-17)14-31-25(32)20-11-19(12-21(27)13-20)24-18(5-2-6-23(24)28)16-36-9-7-30-26(33)34/h2,5-6,11-13,17,22,29-30H,3-4,7-10,14-16H2,1H3,(H,31,32)(H,33,34). The molecular formula is C26H33Cl2N3O5.